The molecule has 1 aromatic rings. The highest BCUT2D eigenvalue weighted by atomic mass is 16.2. The molecule has 1 fully saturated rings. The van der Waals surface area contributed by atoms with E-state index in [-0.39, 0.29) is 11.6 Å². The van der Waals surface area contributed by atoms with Gasteiger partial charge in [0, 0.05) is 19.5 Å². The summed E-state index contributed by atoms with van der Waals surface area (Å²) in [4.78, 5) is 14.4. The van der Waals surface area contributed by atoms with Crippen molar-refractivity contribution in [3.05, 3.63) is 29.8 Å². The number of rotatable bonds is 0. The van der Waals surface area contributed by atoms with Gasteiger partial charge in [0.15, 0.2) is 0 Å². The molecule has 1 aromatic carbocycles. The summed E-state index contributed by atoms with van der Waals surface area (Å²) < 4.78 is 0. The van der Waals surface area contributed by atoms with E-state index in [0.717, 1.165) is 37.3 Å². The van der Waals surface area contributed by atoms with Crippen molar-refractivity contribution in [1.82, 2.24) is 10.6 Å². The molecule has 2 heterocycles. The Morgan fingerprint density at radius 1 is 1.29 bits per heavy atom. The predicted molar refractivity (Wildman–Crippen MR) is 67.1 cm³/mol. The number of anilines is 1. The zero-order valence-corrected chi connectivity index (χ0v) is 9.99. The van der Waals surface area contributed by atoms with E-state index in [4.69, 9.17) is 0 Å². The summed E-state index contributed by atoms with van der Waals surface area (Å²) in [6, 6.07) is 7.84. The minimum atomic E-state index is -0.255. The first-order valence-corrected chi connectivity index (χ1v) is 6.11. The van der Waals surface area contributed by atoms with Crippen molar-refractivity contribution in [2.24, 2.45) is 0 Å². The van der Waals surface area contributed by atoms with E-state index in [1.807, 2.05) is 24.3 Å². The highest BCUT2D eigenvalue weighted by Gasteiger charge is 2.40. The molecule has 0 unspecified atom stereocenters. The summed E-state index contributed by atoms with van der Waals surface area (Å²) in [5.74, 6) is 0.0428. The minimum Gasteiger partial charge on any atom is -0.347 e. The van der Waals surface area contributed by atoms with Gasteiger partial charge < -0.3 is 15.5 Å². The molecule has 4 nitrogen and oxygen atoms in total. The molecular formula is C13H17N3O. The number of nitrogens with zero attached hydrogens (tertiary/aromatic N) is 1. The third-order valence-electron chi connectivity index (χ3n) is 3.72. The number of fused-ring (bicyclic) bond motifs is 3. The molecule has 0 bridgehead atoms. The van der Waals surface area contributed by atoms with Gasteiger partial charge in [-0.2, -0.15) is 0 Å². The average Bonchev–Trinajstić information content (AvgIpc) is 2.51. The van der Waals surface area contributed by atoms with Crippen molar-refractivity contribution < 1.29 is 4.79 Å². The fraction of sp³-hybridized carbons (Fsp3) is 0.462. The van der Waals surface area contributed by atoms with E-state index in [0.29, 0.717) is 0 Å². The number of carbonyl (C=O) groups is 1. The summed E-state index contributed by atoms with van der Waals surface area (Å²) in [7, 11) is 0. The number of para-hydroxylation sites is 1. The first kappa shape index (κ1) is 10.6. The molecule has 2 N–H and O–H groups in total. The zero-order chi connectivity index (χ0) is 11.9. The van der Waals surface area contributed by atoms with Crippen LogP contribution in [0.2, 0.25) is 0 Å². The fourth-order valence-electron chi connectivity index (χ4n) is 2.76. The summed E-state index contributed by atoms with van der Waals surface area (Å²) in [5, 5.41) is 6.52. The van der Waals surface area contributed by atoms with Crippen LogP contribution in [0.15, 0.2) is 24.3 Å². The van der Waals surface area contributed by atoms with Crippen LogP contribution in [0.5, 0.6) is 0 Å². The van der Waals surface area contributed by atoms with E-state index in [1.165, 1.54) is 0 Å². The third-order valence-corrected chi connectivity index (χ3v) is 3.72. The quantitative estimate of drug-likeness (QED) is 0.698. The monoisotopic (exact) mass is 231 g/mol. The van der Waals surface area contributed by atoms with Gasteiger partial charge >= 0.3 is 0 Å². The van der Waals surface area contributed by atoms with Gasteiger partial charge in [-0.15, -0.1) is 0 Å². The van der Waals surface area contributed by atoms with Crippen molar-refractivity contribution in [2.45, 2.75) is 19.0 Å². The molecule has 1 atom stereocenters. The SMILES string of the molecule is C[C@]12CCNCCN1c1ccccc1C(=O)N2. The van der Waals surface area contributed by atoms with Gasteiger partial charge in [0.05, 0.1) is 11.3 Å². The van der Waals surface area contributed by atoms with E-state index >= 15 is 0 Å². The number of hydrogen-bond donors (Lipinski definition) is 2. The Morgan fingerprint density at radius 2 is 2.12 bits per heavy atom. The highest BCUT2D eigenvalue weighted by molar-refractivity contribution is 6.02. The molecule has 17 heavy (non-hydrogen) atoms. The predicted octanol–water partition coefficient (Wildman–Crippen LogP) is 0.946. The van der Waals surface area contributed by atoms with Gasteiger partial charge in [-0.25, -0.2) is 0 Å². The topological polar surface area (TPSA) is 44.4 Å². The number of hydrogen-bond acceptors (Lipinski definition) is 3. The number of nitrogens with one attached hydrogen (secondary N) is 2. The van der Waals surface area contributed by atoms with Gasteiger partial charge in [-0.1, -0.05) is 12.1 Å². The number of benzene rings is 1. The maximum Gasteiger partial charge on any atom is 0.255 e. The number of amides is 1. The summed E-state index contributed by atoms with van der Waals surface area (Å²) in [6.07, 6.45) is 0.924. The van der Waals surface area contributed by atoms with Gasteiger partial charge in [0.25, 0.3) is 5.91 Å². The lowest BCUT2D eigenvalue weighted by Gasteiger charge is -2.46. The maximum atomic E-state index is 12.1. The summed E-state index contributed by atoms with van der Waals surface area (Å²) in [5.41, 5.74) is 1.59. The molecular weight excluding hydrogens is 214 g/mol. The minimum absolute atomic E-state index is 0.0428. The first-order valence-electron chi connectivity index (χ1n) is 6.11. The van der Waals surface area contributed by atoms with Gasteiger partial charge in [0.1, 0.15) is 5.66 Å². The molecule has 90 valence electrons. The molecule has 0 saturated carbocycles. The van der Waals surface area contributed by atoms with Crippen LogP contribution in [-0.4, -0.2) is 31.2 Å². The van der Waals surface area contributed by atoms with Crippen LogP contribution in [0, 0.1) is 0 Å². The van der Waals surface area contributed by atoms with Crippen molar-refractivity contribution in [3.63, 3.8) is 0 Å². The van der Waals surface area contributed by atoms with Crippen LogP contribution < -0.4 is 15.5 Å². The average molecular weight is 231 g/mol. The van der Waals surface area contributed by atoms with Crippen molar-refractivity contribution in [2.75, 3.05) is 24.5 Å². The lowest BCUT2D eigenvalue weighted by atomic mass is 9.98. The van der Waals surface area contributed by atoms with Crippen LogP contribution in [-0.2, 0) is 0 Å². The molecule has 3 rings (SSSR count). The Hall–Kier alpha value is -1.55. The van der Waals surface area contributed by atoms with Crippen LogP contribution in [0.4, 0.5) is 5.69 Å². The Kier molecular flexibility index (Phi) is 2.33. The standard InChI is InChI=1S/C13H17N3O/c1-13-6-7-14-8-9-16(13)11-5-3-2-4-10(11)12(17)15-13/h2-5,14H,6-9H2,1H3,(H,15,17)/t13-/m1/s1. The molecule has 2 aliphatic heterocycles. The van der Waals surface area contributed by atoms with E-state index in [1.54, 1.807) is 0 Å². The lowest BCUT2D eigenvalue weighted by molar-refractivity contribution is 0.0887. The van der Waals surface area contributed by atoms with Crippen molar-refractivity contribution in [3.8, 4) is 0 Å². The normalized spacial score (nSPS) is 27.8. The van der Waals surface area contributed by atoms with Gasteiger partial charge in [-0.3, -0.25) is 4.79 Å². The van der Waals surface area contributed by atoms with Crippen LogP contribution in [0.25, 0.3) is 0 Å². The fourth-order valence-corrected chi connectivity index (χ4v) is 2.76. The first-order chi connectivity index (χ1) is 8.21. The van der Waals surface area contributed by atoms with E-state index < -0.39 is 0 Å². The highest BCUT2D eigenvalue weighted by Crippen LogP contribution is 2.33. The van der Waals surface area contributed by atoms with Crippen molar-refractivity contribution in [1.29, 1.82) is 0 Å². The molecule has 1 saturated heterocycles. The van der Waals surface area contributed by atoms with E-state index in [2.05, 4.69) is 22.5 Å². The largest absolute Gasteiger partial charge is 0.347 e. The zero-order valence-electron chi connectivity index (χ0n) is 9.99. The Morgan fingerprint density at radius 3 is 3.00 bits per heavy atom. The Bertz CT molecular complexity index is 460. The molecule has 2 aliphatic rings. The summed E-state index contributed by atoms with van der Waals surface area (Å²) >= 11 is 0. The second kappa shape index (κ2) is 3.74. The second-order valence-electron chi connectivity index (χ2n) is 4.90. The smallest absolute Gasteiger partial charge is 0.255 e. The lowest BCUT2D eigenvalue weighted by Crippen LogP contribution is -2.62. The third kappa shape index (κ3) is 1.60. The Labute approximate surface area is 101 Å². The van der Waals surface area contributed by atoms with Gasteiger partial charge in [0.2, 0.25) is 0 Å². The second-order valence-corrected chi connectivity index (χ2v) is 4.90. The van der Waals surface area contributed by atoms with E-state index in [9.17, 15) is 4.79 Å². The molecule has 0 radical (unpaired) electrons. The molecule has 0 aromatic heterocycles. The molecule has 1 amide bonds. The van der Waals surface area contributed by atoms with Crippen LogP contribution in [0.3, 0.4) is 0 Å². The van der Waals surface area contributed by atoms with Crippen LogP contribution >= 0.6 is 0 Å². The molecule has 0 aliphatic carbocycles. The van der Waals surface area contributed by atoms with Crippen molar-refractivity contribution >= 4 is 11.6 Å². The molecule has 0 spiro atoms. The van der Waals surface area contributed by atoms with Gasteiger partial charge in [-0.05, 0) is 25.6 Å². The Balaban J connectivity index is 2.11. The van der Waals surface area contributed by atoms with Crippen LogP contribution in [0.1, 0.15) is 23.7 Å². The molecule has 4 heteroatoms. The number of carbonyl (C=O) groups excluding carboxylic acids is 1. The summed E-state index contributed by atoms with van der Waals surface area (Å²) in [6.45, 7) is 4.93. The maximum absolute atomic E-state index is 12.1.